The topological polar surface area (TPSA) is 153 Å². The maximum Gasteiger partial charge on any atom is 0.311 e. The van der Waals surface area contributed by atoms with Gasteiger partial charge in [-0.25, -0.2) is 0 Å². The Bertz CT molecular complexity index is 1140. The molecule has 0 bridgehead atoms. The van der Waals surface area contributed by atoms with Crippen LogP contribution in [-0.4, -0.2) is 126 Å². The fourth-order valence-electron chi connectivity index (χ4n) is 8.75. The molecular formula is C38H67NO11. The molecule has 0 aromatic carbocycles. The van der Waals surface area contributed by atoms with E-state index in [-0.39, 0.29) is 36.2 Å². The Morgan fingerprint density at radius 2 is 1.46 bits per heavy atom. The summed E-state index contributed by atoms with van der Waals surface area (Å²) in [7, 11) is 5.38. The number of hydrogen-bond donors (Lipinski definition) is 3. The van der Waals surface area contributed by atoms with E-state index >= 15 is 0 Å². The van der Waals surface area contributed by atoms with E-state index < -0.39 is 96.5 Å². The Kier molecular flexibility index (Phi) is 14.0. The molecule has 0 unspecified atom stereocenters. The van der Waals surface area contributed by atoms with Crippen LogP contribution in [0.25, 0.3) is 0 Å². The van der Waals surface area contributed by atoms with Gasteiger partial charge < -0.3 is 48.6 Å². The Labute approximate surface area is 299 Å². The quantitative estimate of drug-likeness (QED) is 0.331. The second-order valence-electron chi connectivity index (χ2n) is 16.8. The van der Waals surface area contributed by atoms with Crippen molar-refractivity contribution in [2.75, 3.05) is 21.2 Å². The van der Waals surface area contributed by atoms with Gasteiger partial charge in [-0.1, -0.05) is 34.6 Å². The van der Waals surface area contributed by atoms with Crippen molar-refractivity contribution in [1.29, 1.82) is 0 Å². The molecule has 1 aliphatic carbocycles. The second-order valence-corrected chi connectivity index (χ2v) is 16.8. The van der Waals surface area contributed by atoms with Crippen molar-refractivity contribution in [3.05, 3.63) is 0 Å². The molecule has 18 atom stereocenters. The monoisotopic (exact) mass is 713 g/mol. The molecule has 50 heavy (non-hydrogen) atoms. The normalized spacial score (nSPS) is 49.0. The molecule has 4 aliphatic rings. The number of Topliss-reactive ketones (excluding diaryl/α,β-unsaturated/α-hetero) is 1. The summed E-state index contributed by atoms with van der Waals surface area (Å²) >= 11 is 0. The van der Waals surface area contributed by atoms with Crippen LogP contribution in [0.3, 0.4) is 0 Å². The zero-order valence-electron chi connectivity index (χ0n) is 32.5. The molecule has 0 spiro atoms. The third-order valence-corrected chi connectivity index (χ3v) is 12.4. The molecule has 0 amide bonds. The minimum atomic E-state index is -0.986. The number of ketones is 1. The first-order chi connectivity index (χ1) is 23.3. The van der Waals surface area contributed by atoms with Gasteiger partial charge >= 0.3 is 5.97 Å². The summed E-state index contributed by atoms with van der Waals surface area (Å²) in [6.45, 7) is 16.8. The van der Waals surface area contributed by atoms with E-state index in [1.807, 2.05) is 60.5 Å². The van der Waals surface area contributed by atoms with Crippen LogP contribution in [0.4, 0.5) is 0 Å². The molecular weight excluding hydrogens is 646 g/mol. The molecule has 12 heteroatoms. The van der Waals surface area contributed by atoms with Crippen molar-refractivity contribution in [3.63, 3.8) is 0 Å². The number of carbonyl (C=O) groups is 2. The number of rotatable bonds is 7. The van der Waals surface area contributed by atoms with Gasteiger partial charge in [-0.3, -0.25) is 9.59 Å². The Balaban J connectivity index is 1.76. The Morgan fingerprint density at radius 3 is 2.04 bits per heavy atom. The lowest BCUT2D eigenvalue weighted by Crippen LogP contribution is -2.58. The third kappa shape index (κ3) is 9.10. The molecule has 0 aromatic heterocycles. The highest BCUT2D eigenvalue weighted by molar-refractivity contribution is 5.83. The summed E-state index contributed by atoms with van der Waals surface area (Å²) in [5.74, 6) is -3.45. The molecule has 0 aromatic rings. The average molecular weight is 714 g/mol. The molecule has 3 aliphatic heterocycles. The third-order valence-electron chi connectivity index (χ3n) is 12.4. The summed E-state index contributed by atoms with van der Waals surface area (Å²) in [6.07, 6.45) is -4.35. The van der Waals surface area contributed by atoms with E-state index in [2.05, 4.69) is 0 Å². The molecule has 12 nitrogen and oxygen atoms in total. The van der Waals surface area contributed by atoms with E-state index in [1.54, 1.807) is 27.9 Å². The van der Waals surface area contributed by atoms with Crippen LogP contribution in [0, 0.1) is 41.4 Å². The van der Waals surface area contributed by atoms with Crippen molar-refractivity contribution in [3.8, 4) is 0 Å². The van der Waals surface area contributed by atoms with Gasteiger partial charge in [-0.2, -0.15) is 0 Å². The summed E-state index contributed by atoms with van der Waals surface area (Å²) in [4.78, 5) is 30.0. The highest BCUT2D eigenvalue weighted by atomic mass is 16.7. The highest BCUT2D eigenvalue weighted by Gasteiger charge is 2.50. The van der Waals surface area contributed by atoms with Crippen LogP contribution >= 0.6 is 0 Å². The number of nitrogens with zero attached hydrogens (tertiary/aromatic N) is 1. The van der Waals surface area contributed by atoms with Crippen LogP contribution < -0.4 is 0 Å². The van der Waals surface area contributed by atoms with Crippen LogP contribution in [0.15, 0.2) is 0 Å². The number of carbonyl (C=O) groups excluding carboxylic acids is 2. The largest absolute Gasteiger partial charge is 0.461 e. The first-order valence-corrected chi connectivity index (χ1v) is 18.9. The average Bonchev–Trinajstić information content (AvgIpc) is 3.91. The van der Waals surface area contributed by atoms with E-state index in [9.17, 15) is 24.9 Å². The smallest absolute Gasteiger partial charge is 0.311 e. The van der Waals surface area contributed by atoms with Gasteiger partial charge in [0.2, 0.25) is 0 Å². The maximum absolute atomic E-state index is 14.2. The molecule has 4 fully saturated rings. The number of likely N-dealkylation sites (N-methyl/N-ethyl adjacent to an activating group) is 1. The van der Waals surface area contributed by atoms with Crippen LogP contribution in [0.2, 0.25) is 0 Å². The van der Waals surface area contributed by atoms with Crippen LogP contribution in [0.5, 0.6) is 0 Å². The number of hydrogen-bond acceptors (Lipinski definition) is 12. The lowest BCUT2D eigenvalue weighted by Gasteiger charge is -2.47. The summed E-state index contributed by atoms with van der Waals surface area (Å²) < 4.78 is 38.0. The summed E-state index contributed by atoms with van der Waals surface area (Å²) in [5, 5.41) is 33.9. The standard InChI is InChI=1S/C38H67NO11/c1-18-15-19(2)32(50-37-31(42)27(39(10)11)16-20(3)46-37)23(6)33(48-28-17-38(9,45-12)35(43)25(8)47-28)24(7)36(44)49-34(26-13-14-26)22(5)30(41)21(4)29(18)40/h18-28,30-35,37,41-43H,13-17H2,1-12H3/t18-,19+,20-,21+,22-,23+,24-,25+,27+,28+,30-,31-,32+,33+,34+,35+,37+,38-/m1/s1. The van der Waals surface area contributed by atoms with Gasteiger partial charge in [0, 0.05) is 43.2 Å². The van der Waals surface area contributed by atoms with Gasteiger partial charge in [0.1, 0.15) is 24.1 Å². The first kappa shape index (κ1) is 41.5. The van der Waals surface area contributed by atoms with Gasteiger partial charge in [0.25, 0.3) is 0 Å². The number of esters is 1. The van der Waals surface area contributed by atoms with Crippen LogP contribution in [-0.2, 0) is 38.0 Å². The van der Waals surface area contributed by atoms with Gasteiger partial charge in [-0.05, 0) is 79.3 Å². The number of methoxy groups -OCH3 is 1. The minimum absolute atomic E-state index is 0.0565. The van der Waals surface area contributed by atoms with E-state index in [4.69, 9.17) is 28.4 Å². The molecule has 3 saturated heterocycles. The van der Waals surface area contributed by atoms with Crippen LogP contribution in [0.1, 0.15) is 94.4 Å². The van der Waals surface area contributed by atoms with Crippen molar-refractivity contribution >= 4 is 11.8 Å². The minimum Gasteiger partial charge on any atom is -0.461 e. The van der Waals surface area contributed by atoms with E-state index in [0.29, 0.717) is 12.8 Å². The Hall–Kier alpha value is -1.22. The van der Waals surface area contributed by atoms with Crippen molar-refractivity contribution in [1.82, 2.24) is 4.90 Å². The lowest BCUT2D eigenvalue weighted by molar-refractivity contribution is -0.309. The van der Waals surface area contributed by atoms with Gasteiger partial charge in [0.05, 0.1) is 42.0 Å². The maximum atomic E-state index is 14.2. The molecule has 3 N–H and O–H groups in total. The molecule has 3 heterocycles. The lowest BCUT2D eigenvalue weighted by atomic mass is 9.76. The summed E-state index contributed by atoms with van der Waals surface area (Å²) in [6, 6.07) is -0.201. The van der Waals surface area contributed by atoms with Gasteiger partial charge in [-0.15, -0.1) is 0 Å². The zero-order chi connectivity index (χ0) is 37.4. The SMILES string of the molecule is CO[C@]1(C)C[C@H](O[C@H]2[C@@H](C)[C@@H](O[C@@H]3O[C@H](C)C[C@H](N(C)C)[C@H]3O)[C@@H](C)C[C@@H](C)C(=O)[C@H](C)[C@@H](O)[C@@H](C)[C@@H](C3CC3)OC(=O)[C@@H]2C)O[C@@H](C)[C@@H]1O. The summed E-state index contributed by atoms with van der Waals surface area (Å²) in [5.41, 5.74) is -0.952. The highest BCUT2D eigenvalue weighted by Crippen LogP contribution is 2.42. The van der Waals surface area contributed by atoms with E-state index in [1.165, 1.54) is 0 Å². The fraction of sp³-hybridized carbons (Fsp3) is 0.947. The fourth-order valence-corrected chi connectivity index (χ4v) is 8.75. The molecule has 4 rings (SSSR count). The van der Waals surface area contributed by atoms with Crippen molar-refractivity contribution < 1.29 is 53.3 Å². The number of cyclic esters (lactones) is 1. The number of ether oxygens (including phenoxy) is 6. The predicted molar refractivity (Wildman–Crippen MR) is 186 cm³/mol. The van der Waals surface area contributed by atoms with Crippen molar-refractivity contribution in [2.45, 2.75) is 167 Å². The van der Waals surface area contributed by atoms with E-state index in [0.717, 1.165) is 12.8 Å². The predicted octanol–water partition coefficient (Wildman–Crippen LogP) is 3.56. The van der Waals surface area contributed by atoms with Gasteiger partial charge in [0.15, 0.2) is 12.6 Å². The molecule has 290 valence electrons. The number of aliphatic hydroxyl groups excluding tert-OH is 3. The molecule has 0 radical (unpaired) electrons. The first-order valence-electron chi connectivity index (χ1n) is 18.9. The zero-order valence-corrected chi connectivity index (χ0v) is 32.5. The number of aliphatic hydroxyl groups is 3. The molecule has 1 saturated carbocycles. The Morgan fingerprint density at radius 1 is 0.820 bits per heavy atom. The second kappa shape index (κ2) is 16.8. The van der Waals surface area contributed by atoms with Crippen molar-refractivity contribution in [2.24, 2.45) is 41.4 Å².